The Labute approximate surface area is 124 Å². The number of anilines is 1. The third kappa shape index (κ3) is 2.24. The molecule has 2 fully saturated rings. The molecule has 2 unspecified atom stereocenters. The molecule has 1 heterocycles. The van der Waals surface area contributed by atoms with Gasteiger partial charge in [-0.15, -0.1) is 11.8 Å². The molecule has 1 aliphatic carbocycles. The molecule has 0 aromatic heterocycles. The molecule has 2 aliphatic rings. The van der Waals surface area contributed by atoms with Crippen molar-refractivity contribution in [3.8, 4) is 0 Å². The first-order chi connectivity index (χ1) is 9.74. The van der Waals surface area contributed by atoms with Crippen molar-refractivity contribution >= 4 is 23.3 Å². The summed E-state index contributed by atoms with van der Waals surface area (Å²) in [5.41, 5.74) is 7.98. The van der Waals surface area contributed by atoms with Crippen LogP contribution in [0.3, 0.4) is 0 Å². The van der Waals surface area contributed by atoms with Crippen molar-refractivity contribution in [2.75, 3.05) is 17.2 Å². The highest BCUT2D eigenvalue weighted by Crippen LogP contribution is 2.42. The van der Waals surface area contributed by atoms with Crippen LogP contribution >= 0.6 is 11.8 Å². The molecule has 1 saturated heterocycles. The van der Waals surface area contributed by atoms with Gasteiger partial charge in [0, 0.05) is 23.2 Å². The minimum Gasteiger partial charge on any atom is -0.409 e. The standard InChI is InChI=1S/C15H21N3OS/c1-2-20-13-5-3-4-12(14(13)15(16)17-19)18-9-10-6-7-11(18)8-10/h3-5,10-11,19H,2,6-9H2,1H3,(H2,16,17). The number of benzene rings is 1. The second kappa shape index (κ2) is 5.56. The van der Waals surface area contributed by atoms with E-state index >= 15 is 0 Å². The molecule has 5 heteroatoms. The summed E-state index contributed by atoms with van der Waals surface area (Å²) in [5, 5.41) is 12.4. The quantitative estimate of drug-likeness (QED) is 0.294. The van der Waals surface area contributed by atoms with E-state index in [2.05, 4.69) is 35.2 Å². The molecule has 1 aromatic rings. The Morgan fingerprint density at radius 2 is 2.35 bits per heavy atom. The molecule has 1 aliphatic heterocycles. The van der Waals surface area contributed by atoms with Gasteiger partial charge < -0.3 is 15.8 Å². The van der Waals surface area contributed by atoms with Gasteiger partial charge in [0.1, 0.15) is 0 Å². The average molecular weight is 291 g/mol. The molecule has 0 spiro atoms. The molecule has 0 amide bonds. The summed E-state index contributed by atoms with van der Waals surface area (Å²) < 4.78 is 0. The first-order valence-corrected chi connectivity index (χ1v) is 8.23. The molecule has 2 bridgehead atoms. The van der Waals surface area contributed by atoms with Crippen molar-refractivity contribution in [2.24, 2.45) is 16.8 Å². The molecule has 3 N–H and O–H groups in total. The fourth-order valence-electron chi connectivity index (χ4n) is 3.56. The van der Waals surface area contributed by atoms with Gasteiger partial charge in [-0.25, -0.2) is 0 Å². The van der Waals surface area contributed by atoms with Crippen LogP contribution in [-0.2, 0) is 0 Å². The maximum Gasteiger partial charge on any atom is 0.173 e. The van der Waals surface area contributed by atoms with Gasteiger partial charge in [-0.05, 0) is 43.1 Å². The third-order valence-electron chi connectivity index (χ3n) is 4.39. The van der Waals surface area contributed by atoms with Crippen LogP contribution in [-0.4, -0.2) is 29.4 Å². The molecule has 4 nitrogen and oxygen atoms in total. The maximum absolute atomic E-state index is 9.12. The van der Waals surface area contributed by atoms with Gasteiger partial charge in [-0.1, -0.05) is 18.1 Å². The van der Waals surface area contributed by atoms with Gasteiger partial charge in [0.05, 0.1) is 5.56 Å². The number of nitrogens with two attached hydrogens (primary N) is 1. The van der Waals surface area contributed by atoms with Crippen LogP contribution in [0, 0.1) is 5.92 Å². The van der Waals surface area contributed by atoms with Crippen molar-refractivity contribution in [1.82, 2.24) is 0 Å². The smallest absolute Gasteiger partial charge is 0.173 e. The minimum absolute atomic E-state index is 0.222. The summed E-state index contributed by atoms with van der Waals surface area (Å²) in [7, 11) is 0. The SMILES string of the molecule is CCSc1cccc(N2CC3CCC2C3)c1/C(N)=N/O. The van der Waals surface area contributed by atoms with Crippen molar-refractivity contribution in [1.29, 1.82) is 0 Å². The summed E-state index contributed by atoms with van der Waals surface area (Å²) in [4.78, 5) is 3.56. The number of rotatable bonds is 4. The summed E-state index contributed by atoms with van der Waals surface area (Å²) >= 11 is 1.74. The number of nitrogens with zero attached hydrogens (tertiary/aromatic N) is 2. The molecule has 1 saturated carbocycles. The lowest BCUT2D eigenvalue weighted by Gasteiger charge is -2.31. The number of hydrogen-bond donors (Lipinski definition) is 2. The van der Waals surface area contributed by atoms with Crippen LogP contribution in [0.15, 0.2) is 28.3 Å². The predicted molar refractivity (Wildman–Crippen MR) is 83.8 cm³/mol. The molecule has 1 aromatic carbocycles. The summed E-state index contributed by atoms with van der Waals surface area (Å²) in [5.74, 6) is 2.02. The molecule has 3 rings (SSSR count). The van der Waals surface area contributed by atoms with E-state index in [0.29, 0.717) is 6.04 Å². The highest BCUT2D eigenvalue weighted by molar-refractivity contribution is 7.99. The van der Waals surface area contributed by atoms with Crippen molar-refractivity contribution < 1.29 is 5.21 Å². The fourth-order valence-corrected chi connectivity index (χ4v) is 4.40. The number of amidine groups is 1. The van der Waals surface area contributed by atoms with Gasteiger partial charge in [-0.3, -0.25) is 0 Å². The van der Waals surface area contributed by atoms with Gasteiger partial charge >= 0.3 is 0 Å². The van der Waals surface area contributed by atoms with E-state index in [4.69, 9.17) is 10.9 Å². The summed E-state index contributed by atoms with van der Waals surface area (Å²) in [6.45, 7) is 3.22. The lowest BCUT2D eigenvalue weighted by Crippen LogP contribution is -2.34. The van der Waals surface area contributed by atoms with E-state index in [-0.39, 0.29) is 5.84 Å². The number of piperidine rings is 1. The maximum atomic E-state index is 9.12. The first-order valence-electron chi connectivity index (χ1n) is 7.25. The van der Waals surface area contributed by atoms with Crippen LogP contribution in [0.4, 0.5) is 5.69 Å². The van der Waals surface area contributed by atoms with Crippen molar-refractivity contribution in [2.45, 2.75) is 37.1 Å². The zero-order chi connectivity index (χ0) is 14.1. The van der Waals surface area contributed by atoms with Crippen molar-refractivity contribution in [3.05, 3.63) is 23.8 Å². The Morgan fingerprint density at radius 1 is 1.50 bits per heavy atom. The van der Waals surface area contributed by atoms with Gasteiger partial charge in [0.2, 0.25) is 0 Å². The van der Waals surface area contributed by atoms with Gasteiger partial charge in [-0.2, -0.15) is 0 Å². The topological polar surface area (TPSA) is 61.8 Å². The number of hydrogen-bond acceptors (Lipinski definition) is 4. The Morgan fingerprint density at radius 3 is 2.95 bits per heavy atom. The number of oxime groups is 1. The van der Waals surface area contributed by atoms with E-state index in [1.807, 2.05) is 0 Å². The van der Waals surface area contributed by atoms with Crippen molar-refractivity contribution in [3.63, 3.8) is 0 Å². The van der Waals surface area contributed by atoms with Gasteiger partial charge in [0.15, 0.2) is 5.84 Å². The highest BCUT2D eigenvalue weighted by atomic mass is 32.2. The zero-order valence-electron chi connectivity index (χ0n) is 11.7. The molecule has 2 atom stereocenters. The Hall–Kier alpha value is -1.36. The summed E-state index contributed by atoms with van der Waals surface area (Å²) in [6, 6.07) is 6.87. The lowest BCUT2D eigenvalue weighted by atomic mass is 10.1. The third-order valence-corrected chi connectivity index (χ3v) is 5.33. The molecule has 108 valence electrons. The second-order valence-electron chi connectivity index (χ2n) is 5.55. The van der Waals surface area contributed by atoms with Crippen LogP contribution in [0.25, 0.3) is 0 Å². The van der Waals surface area contributed by atoms with E-state index in [1.165, 1.54) is 19.3 Å². The Kier molecular flexibility index (Phi) is 3.78. The predicted octanol–water partition coefficient (Wildman–Crippen LogP) is 2.88. The average Bonchev–Trinajstić information content (AvgIpc) is 3.09. The normalized spacial score (nSPS) is 25.4. The second-order valence-corrected chi connectivity index (χ2v) is 6.86. The first kappa shape index (κ1) is 13.6. The number of thioether (sulfide) groups is 1. The van der Waals surface area contributed by atoms with E-state index < -0.39 is 0 Å². The summed E-state index contributed by atoms with van der Waals surface area (Å²) in [6.07, 6.45) is 3.91. The van der Waals surface area contributed by atoms with Crippen LogP contribution in [0.2, 0.25) is 0 Å². The van der Waals surface area contributed by atoms with E-state index in [9.17, 15) is 0 Å². The fraction of sp³-hybridized carbons (Fsp3) is 0.533. The monoisotopic (exact) mass is 291 g/mol. The zero-order valence-corrected chi connectivity index (χ0v) is 12.6. The van der Waals surface area contributed by atoms with Crippen LogP contribution in [0.5, 0.6) is 0 Å². The largest absolute Gasteiger partial charge is 0.409 e. The lowest BCUT2D eigenvalue weighted by molar-refractivity contribution is 0.318. The molecule has 20 heavy (non-hydrogen) atoms. The Balaban J connectivity index is 2.03. The molecular formula is C15H21N3OS. The minimum atomic E-state index is 0.222. The van der Waals surface area contributed by atoms with E-state index in [0.717, 1.165) is 34.4 Å². The molecular weight excluding hydrogens is 270 g/mol. The van der Waals surface area contributed by atoms with Crippen LogP contribution < -0.4 is 10.6 Å². The van der Waals surface area contributed by atoms with Gasteiger partial charge in [0.25, 0.3) is 0 Å². The Bertz CT molecular complexity index is 532. The number of fused-ring (bicyclic) bond motifs is 2. The highest BCUT2D eigenvalue weighted by Gasteiger charge is 2.39. The molecule has 0 radical (unpaired) electrons. The van der Waals surface area contributed by atoms with Crippen LogP contribution in [0.1, 0.15) is 31.7 Å². The van der Waals surface area contributed by atoms with E-state index in [1.54, 1.807) is 11.8 Å².